The number of hydrogen-bond donors (Lipinski definition) is 1. The van der Waals surface area contributed by atoms with Gasteiger partial charge in [0, 0.05) is 18.1 Å². The first-order valence-electron chi connectivity index (χ1n) is 6.25. The van der Waals surface area contributed by atoms with Crippen LogP contribution in [0.4, 0.5) is 0 Å². The maximum absolute atomic E-state index is 5.97. The van der Waals surface area contributed by atoms with Gasteiger partial charge in [0.1, 0.15) is 0 Å². The van der Waals surface area contributed by atoms with E-state index in [-0.39, 0.29) is 0 Å². The molecule has 0 bridgehead atoms. The van der Waals surface area contributed by atoms with Crippen LogP contribution in [0.1, 0.15) is 19.4 Å². The first-order chi connectivity index (χ1) is 8.11. The molecule has 0 aliphatic heterocycles. The van der Waals surface area contributed by atoms with Crippen LogP contribution in [0.2, 0.25) is 5.02 Å². The van der Waals surface area contributed by atoms with Crippen LogP contribution < -0.4 is 5.32 Å². The van der Waals surface area contributed by atoms with E-state index in [1.165, 1.54) is 5.56 Å². The summed E-state index contributed by atoms with van der Waals surface area (Å²) >= 11 is 5.97. The molecular formula is C14H23ClN2. The molecule has 1 aromatic carbocycles. The molecule has 1 unspecified atom stereocenters. The van der Waals surface area contributed by atoms with Crippen LogP contribution in [0.5, 0.6) is 0 Å². The van der Waals surface area contributed by atoms with Crippen LogP contribution in [0.15, 0.2) is 24.3 Å². The second-order valence-corrected chi connectivity index (χ2v) is 5.18. The lowest BCUT2D eigenvalue weighted by Gasteiger charge is -2.21. The van der Waals surface area contributed by atoms with E-state index in [0.717, 1.165) is 31.2 Å². The zero-order valence-electron chi connectivity index (χ0n) is 11.0. The molecule has 96 valence electrons. The number of benzene rings is 1. The molecule has 0 aliphatic rings. The Morgan fingerprint density at radius 3 is 2.82 bits per heavy atom. The fourth-order valence-corrected chi connectivity index (χ4v) is 2.21. The van der Waals surface area contributed by atoms with Crippen molar-refractivity contribution in [2.45, 2.75) is 20.4 Å². The lowest BCUT2D eigenvalue weighted by molar-refractivity contribution is 0.275. The molecule has 1 atom stereocenters. The van der Waals surface area contributed by atoms with Crippen LogP contribution in [-0.4, -0.2) is 31.6 Å². The third-order valence-corrected chi connectivity index (χ3v) is 2.94. The van der Waals surface area contributed by atoms with Crippen LogP contribution in [-0.2, 0) is 6.54 Å². The molecule has 0 aliphatic carbocycles. The minimum absolute atomic E-state index is 0.666. The van der Waals surface area contributed by atoms with E-state index < -0.39 is 0 Å². The van der Waals surface area contributed by atoms with Crippen molar-refractivity contribution in [1.29, 1.82) is 0 Å². The normalized spacial score (nSPS) is 13.0. The second-order valence-electron chi connectivity index (χ2n) is 4.74. The SMILES string of the molecule is CCNCC(C)CN(C)Cc1cccc(Cl)c1. The van der Waals surface area contributed by atoms with Crippen molar-refractivity contribution in [3.63, 3.8) is 0 Å². The molecule has 17 heavy (non-hydrogen) atoms. The van der Waals surface area contributed by atoms with Gasteiger partial charge in [-0.1, -0.05) is 37.6 Å². The van der Waals surface area contributed by atoms with E-state index in [2.05, 4.69) is 37.2 Å². The molecular weight excluding hydrogens is 232 g/mol. The summed E-state index contributed by atoms with van der Waals surface area (Å²) in [5, 5.41) is 4.19. The number of hydrogen-bond acceptors (Lipinski definition) is 2. The summed E-state index contributed by atoms with van der Waals surface area (Å²) in [7, 11) is 2.16. The standard InChI is InChI=1S/C14H23ClN2/c1-4-16-9-12(2)10-17(3)11-13-6-5-7-14(15)8-13/h5-8,12,16H,4,9-11H2,1-3H3. The smallest absolute Gasteiger partial charge is 0.0409 e. The quantitative estimate of drug-likeness (QED) is 0.805. The van der Waals surface area contributed by atoms with Crippen molar-refractivity contribution in [3.8, 4) is 0 Å². The Morgan fingerprint density at radius 2 is 2.18 bits per heavy atom. The van der Waals surface area contributed by atoms with Gasteiger partial charge in [-0.05, 0) is 43.8 Å². The minimum Gasteiger partial charge on any atom is -0.317 e. The molecule has 0 amide bonds. The Bertz CT molecular complexity index is 328. The van der Waals surface area contributed by atoms with Gasteiger partial charge in [-0.15, -0.1) is 0 Å². The average Bonchev–Trinajstić information content (AvgIpc) is 2.26. The van der Waals surface area contributed by atoms with Crippen LogP contribution in [0.25, 0.3) is 0 Å². The van der Waals surface area contributed by atoms with E-state index in [1.807, 2.05) is 18.2 Å². The van der Waals surface area contributed by atoms with Gasteiger partial charge in [0.2, 0.25) is 0 Å². The largest absolute Gasteiger partial charge is 0.317 e. The minimum atomic E-state index is 0.666. The molecule has 0 saturated carbocycles. The van der Waals surface area contributed by atoms with Crippen LogP contribution in [0, 0.1) is 5.92 Å². The zero-order chi connectivity index (χ0) is 12.7. The first-order valence-corrected chi connectivity index (χ1v) is 6.63. The Kier molecular flexibility index (Phi) is 6.56. The summed E-state index contributed by atoms with van der Waals surface area (Å²) < 4.78 is 0. The number of nitrogens with zero attached hydrogens (tertiary/aromatic N) is 1. The number of rotatable bonds is 7. The van der Waals surface area contributed by atoms with Crippen molar-refractivity contribution in [2.75, 3.05) is 26.7 Å². The Hall–Kier alpha value is -0.570. The van der Waals surface area contributed by atoms with E-state index >= 15 is 0 Å². The van der Waals surface area contributed by atoms with Gasteiger partial charge < -0.3 is 10.2 Å². The highest BCUT2D eigenvalue weighted by atomic mass is 35.5. The van der Waals surface area contributed by atoms with Gasteiger partial charge >= 0.3 is 0 Å². The maximum atomic E-state index is 5.97. The van der Waals surface area contributed by atoms with Gasteiger partial charge in [-0.2, -0.15) is 0 Å². The Morgan fingerprint density at radius 1 is 1.41 bits per heavy atom. The fraction of sp³-hybridized carbons (Fsp3) is 0.571. The molecule has 0 radical (unpaired) electrons. The molecule has 1 rings (SSSR count). The monoisotopic (exact) mass is 254 g/mol. The van der Waals surface area contributed by atoms with Gasteiger partial charge in [0.15, 0.2) is 0 Å². The number of nitrogens with one attached hydrogen (secondary N) is 1. The van der Waals surface area contributed by atoms with Crippen LogP contribution in [0.3, 0.4) is 0 Å². The maximum Gasteiger partial charge on any atom is 0.0409 e. The summed E-state index contributed by atoms with van der Waals surface area (Å²) in [6, 6.07) is 8.08. The molecule has 0 fully saturated rings. The molecule has 0 aromatic heterocycles. The topological polar surface area (TPSA) is 15.3 Å². The summed E-state index contributed by atoms with van der Waals surface area (Å²) in [4.78, 5) is 2.34. The molecule has 0 spiro atoms. The highest BCUT2D eigenvalue weighted by Crippen LogP contribution is 2.12. The molecule has 0 heterocycles. The third-order valence-electron chi connectivity index (χ3n) is 2.71. The van der Waals surface area contributed by atoms with Gasteiger partial charge in [0.25, 0.3) is 0 Å². The van der Waals surface area contributed by atoms with Crippen LogP contribution >= 0.6 is 11.6 Å². The predicted octanol–water partition coefficient (Wildman–Crippen LogP) is 3.02. The van der Waals surface area contributed by atoms with Gasteiger partial charge in [-0.25, -0.2) is 0 Å². The van der Waals surface area contributed by atoms with Gasteiger partial charge in [0.05, 0.1) is 0 Å². The summed E-state index contributed by atoms with van der Waals surface area (Å²) in [5.41, 5.74) is 1.27. The highest BCUT2D eigenvalue weighted by Gasteiger charge is 2.06. The van der Waals surface area contributed by atoms with E-state index in [0.29, 0.717) is 5.92 Å². The van der Waals surface area contributed by atoms with Crippen molar-refractivity contribution in [3.05, 3.63) is 34.9 Å². The lowest BCUT2D eigenvalue weighted by Crippen LogP contribution is -2.30. The summed E-state index contributed by atoms with van der Waals surface area (Å²) in [6.07, 6.45) is 0. The van der Waals surface area contributed by atoms with E-state index in [1.54, 1.807) is 0 Å². The molecule has 0 saturated heterocycles. The molecule has 1 N–H and O–H groups in total. The van der Waals surface area contributed by atoms with Crippen molar-refractivity contribution in [1.82, 2.24) is 10.2 Å². The Balaban J connectivity index is 2.36. The van der Waals surface area contributed by atoms with Crippen molar-refractivity contribution >= 4 is 11.6 Å². The average molecular weight is 255 g/mol. The molecule has 1 aromatic rings. The number of halogens is 1. The third kappa shape index (κ3) is 6.06. The van der Waals surface area contributed by atoms with Gasteiger partial charge in [-0.3, -0.25) is 0 Å². The summed E-state index contributed by atoms with van der Waals surface area (Å²) in [5.74, 6) is 0.666. The van der Waals surface area contributed by atoms with Crippen molar-refractivity contribution in [2.24, 2.45) is 5.92 Å². The van der Waals surface area contributed by atoms with E-state index in [9.17, 15) is 0 Å². The first kappa shape index (κ1) is 14.5. The highest BCUT2D eigenvalue weighted by molar-refractivity contribution is 6.30. The summed E-state index contributed by atoms with van der Waals surface area (Å²) in [6.45, 7) is 8.59. The predicted molar refractivity (Wildman–Crippen MR) is 75.5 cm³/mol. The lowest BCUT2D eigenvalue weighted by atomic mass is 10.1. The second kappa shape index (κ2) is 7.70. The van der Waals surface area contributed by atoms with E-state index in [4.69, 9.17) is 11.6 Å². The van der Waals surface area contributed by atoms with Crippen molar-refractivity contribution < 1.29 is 0 Å². The Labute approximate surface area is 110 Å². The molecule has 3 heteroatoms. The molecule has 2 nitrogen and oxygen atoms in total. The fourth-order valence-electron chi connectivity index (χ4n) is 2.00. The zero-order valence-corrected chi connectivity index (χ0v) is 11.8.